The third kappa shape index (κ3) is 11.5. The molecular formula is C39H52ClF2N3O11. The Bertz CT molecular complexity index is 1980. The SMILES string of the molecule is CC.CCC1O[C@H](C)[C@H](Nc2ccc3ccc(=O)oc3c2)C(OC(=O)C(C)(C)C)[C@H]1[18F].NCl.O=c1ccc2ccc(N[C@@H]3C(O)[C@@H]([18F])C(CO)O[C@@H]3O)cc2o1. The molecule has 310 valence electrons. The predicted octanol–water partition coefficient (Wildman–Crippen LogP) is 5.17. The second-order valence-corrected chi connectivity index (χ2v) is 13.9. The number of alkyl halides is 2. The first kappa shape index (κ1) is 46.2. The maximum atomic E-state index is 15.2. The van der Waals surface area contributed by atoms with Crippen LogP contribution >= 0.6 is 11.8 Å². The average molecular weight is 810 g/mol. The Labute approximate surface area is 328 Å². The number of aliphatic hydroxyl groups excluding tert-OH is 3. The van der Waals surface area contributed by atoms with Gasteiger partial charge in [-0.3, -0.25) is 4.79 Å². The molecule has 0 aliphatic carbocycles. The zero-order valence-corrected chi connectivity index (χ0v) is 33.0. The van der Waals surface area contributed by atoms with E-state index in [4.69, 9.17) is 28.2 Å². The fourth-order valence-electron chi connectivity index (χ4n) is 5.98. The third-order valence-electron chi connectivity index (χ3n) is 8.94. The molecule has 0 saturated carbocycles. The molecule has 2 saturated heterocycles. The molecule has 0 amide bonds. The summed E-state index contributed by atoms with van der Waals surface area (Å²) in [6.07, 6.45) is -9.25. The molecule has 2 fully saturated rings. The first-order valence-electron chi connectivity index (χ1n) is 18.2. The van der Waals surface area contributed by atoms with Crippen LogP contribution in [0, 0.1) is 5.41 Å². The number of carbonyl (C=O) groups excluding carboxylic acids is 1. The highest BCUT2D eigenvalue weighted by Crippen LogP contribution is 2.32. The van der Waals surface area contributed by atoms with Gasteiger partial charge in [0.2, 0.25) is 0 Å². The Morgan fingerprint density at radius 2 is 1.30 bits per heavy atom. The van der Waals surface area contributed by atoms with Crippen LogP contribution in [0.5, 0.6) is 0 Å². The molecule has 2 aliphatic rings. The number of carbonyl (C=O) groups is 1. The molecule has 0 radical (unpaired) electrons. The summed E-state index contributed by atoms with van der Waals surface area (Å²) in [5.41, 5.74) is 0.0480. The van der Waals surface area contributed by atoms with E-state index in [0.29, 0.717) is 34.3 Å². The van der Waals surface area contributed by atoms with Gasteiger partial charge in [0.15, 0.2) is 24.7 Å². The molecule has 2 aromatic carbocycles. The normalized spacial score (nSPS) is 27.3. The second kappa shape index (κ2) is 20.8. The summed E-state index contributed by atoms with van der Waals surface area (Å²) in [4.78, 5) is 35.2. The molecule has 0 spiro atoms. The lowest BCUT2D eigenvalue weighted by molar-refractivity contribution is -0.230. The zero-order valence-electron chi connectivity index (χ0n) is 32.3. The van der Waals surface area contributed by atoms with E-state index in [1.54, 1.807) is 63.2 Å². The van der Waals surface area contributed by atoms with Crippen molar-refractivity contribution in [1.29, 1.82) is 0 Å². The Morgan fingerprint density at radius 3 is 1.77 bits per heavy atom. The highest BCUT2D eigenvalue weighted by atomic mass is 35.5. The molecule has 0 bridgehead atoms. The van der Waals surface area contributed by atoms with Gasteiger partial charge >= 0.3 is 17.2 Å². The van der Waals surface area contributed by atoms with Crippen molar-refractivity contribution < 1.29 is 51.9 Å². The fourth-order valence-corrected chi connectivity index (χ4v) is 5.98. The number of benzene rings is 2. The second-order valence-electron chi connectivity index (χ2n) is 13.9. The lowest BCUT2D eigenvalue weighted by Crippen LogP contribution is -2.59. The number of nitrogens with two attached hydrogens (primary N) is 1. The van der Waals surface area contributed by atoms with Gasteiger partial charge in [-0.05, 0) is 82.3 Å². The summed E-state index contributed by atoms with van der Waals surface area (Å²) in [7, 11) is 0. The third-order valence-corrected chi connectivity index (χ3v) is 8.94. The van der Waals surface area contributed by atoms with Gasteiger partial charge in [0.1, 0.15) is 29.4 Å². The van der Waals surface area contributed by atoms with E-state index in [0.717, 1.165) is 5.39 Å². The van der Waals surface area contributed by atoms with E-state index in [9.17, 15) is 29.0 Å². The Kier molecular flexibility index (Phi) is 17.2. The molecule has 4 heterocycles. The molecule has 10 atom stereocenters. The minimum atomic E-state index is -1.85. The number of halogens is 3. The van der Waals surface area contributed by atoms with Crippen molar-refractivity contribution >= 4 is 51.1 Å². The fraction of sp³-hybridized carbons (Fsp3) is 0.513. The molecule has 14 nitrogen and oxygen atoms in total. The van der Waals surface area contributed by atoms with Gasteiger partial charge in [0.05, 0.1) is 30.3 Å². The maximum absolute atomic E-state index is 15.2. The van der Waals surface area contributed by atoms with Gasteiger partial charge in [0.25, 0.3) is 0 Å². The summed E-state index contributed by atoms with van der Waals surface area (Å²) < 4.78 is 55.8. The van der Waals surface area contributed by atoms with Crippen LogP contribution in [0.2, 0.25) is 0 Å². The smallest absolute Gasteiger partial charge is 0.336 e. The highest BCUT2D eigenvalue weighted by Gasteiger charge is 2.48. The summed E-state index contributed by atoms with van der Waals surface area (Å²) in [5.74, 6) is -0.467. The van der Waals surface area contributed by atoms with Crippen LogP contribution in [0.25, 0.3) is 21.9 Å². The van der Waals surface area contributed by atoms with Crippen LogP contribution < -0.4 is 27.1 Å². The van der Waals surface area contributed by atoms with Gasteiger partial charge in [0, 0.05) is 46.4 Å². The number of hydrogen-bond acceptors (Lipinski definition) is 14. The average Bonchev–Trinajstić information content (AvgIpc) is 3.18. The maximum Gasteiger partial charge on any atom is 0.336 e. The van der Waals surface area contributed by atoms with E-state index >= 15 is 4.39 Å². The van der Waals surface area contributed by atoms with Gasteiger partial charge in [-0.15, -0.1) is 0 Å². The molecule has 6 rings (SSSR count). The Morgan fingerprint density at radius 1 is 0.821 bits per heavy atom. The molecule has 56 heavy (non-hydrogen) atoms. The van der Waals surface area contributed by atoms with Crippen molar-refractivity contribution in [1.82, 2.24) is 0 Å². The number of hydrogen-bond donors (Lipinski definition) is 6. The Balaban J connectivity index is 0.000000282. The lowest BCUT2D eigenvalue weighted by Gasteiger charge is -2.43. The van der Waals surface area contributed by atoms with Crippen molar-refractivity contribution in [2.45, 2.75) is 116 Å². The first-order valence-corrected chi connectivity index (χ1v) is 18.6. The molecule has 4 aromatic rings. The van der Waals surface area contributed by atoms with E-state index in [-0.39, 0.29) is 0 Å². The van der Waals surface area contributed by atoms with Crippen molar-refractivity contribution in [3.63, 3.8) is 0 Å². The summed E-state index contributed by atoms with van der Waals surface area (Å²) in [6.45, 7) is 12.2. The van der Waals surface area contributed by atoms with Crippen LogP contribution in [-0.4, -0.2) is 89.1 Å². The molecule has 17 heteroatoms. The van der Waals surface area contributed by atoms with Gasteiger partial charge in [-0.2, -0.15) is 0 Å². The monoisotopic (exact) mass is 809 g/mol. The highest BCUT2D eigenvalue weighted by molar-refractivity contribution is 6.11. The van der Waals surface area contributed by atoms with Crippen LogP contribution in [0.4, 0.5) is 20.2 Å². The number of fused-ring (bicyclic) bond motifs is 2. The van der Waals surface area contributed by atoms with Gasteiger partial charge < -0.3 is 49.0 Å². The Hall–Kier alpha value is -4.16. The number of ether oxygens (including phenoxy) is 3. The van der Waals surface area contributed by atoms with Crippen LogP contribution in [0.15, 0.2) is 79.1 Å². The van der Waals surface area contributed by atoms with E-state index in [1.807, 2.05) is 27.7 Å². The van der Waals surface area contributed by atoms with E-state index in [1.165, 1.54) is 18.2 Å². The topological polar surface area (TPSA) is 216 Å². The summed E-state index contributed by atoms with van der Waals surface area (Å²) in [6, 6.07) is 14.3. The summed E-state index contributed by atoms with van der Waals surface area (Å²) >= 11 is 4.14. The molecule has 7 N–H and O–H groups in total. The van der Waals surface area contributed by atoms with Crippen LogP contribution in [0.3, 0.4) is 0 Å². The first-order chi connectivity index (χ1) is 26.6. The quantitative estimate of drug-likeness (QED) is 0.0807. The van der Waals surface area contributed by atoms with Crippen molar-refractivity contribution in [2.75, 3.05) is 17.2 Å². The number of aliphatic hydroxyl groups is 3. The minimum Gasteiger partial charge on any atom is -0.456 e. The molecule has 2 aromatic heterocycles. The standard InChI is InChI=1S/C22H28FNO5.C15H16FNO6.C2H6.ClH2N/c1-6-15-18(23)20(29-21(26)22(3,4)5)19(12(2)27-15)24-14-9-7-13-8-10-17(25)28-16(13)11-14;16-12-10(6-18)23-15(21)13(14(12)20)17-8-3-1-7-2-4-11(19)22-9(7)5-8;2*1-2/h7-12,15,18-20,24H,6H2,1-5H3;1-5,10,12-15,17-18,20-21H,6H2;1-2H3;2H2/t12-,15?,18+,19+,20?;10?,12-,13+,14?,15-;;/m10../s1/i23-1;16-1;;. The van der Waals surface area contributed by atoms with Crippen LogP contribution in [0.1, 0.15) is 54.9 Å². The minimum absolute atomic E-state index is 0.313. The van der Waals surface area contributed by atoms with E-state index in [2.05, 4.69) is 27.7 Å². The number of anilines is 2. The van der Waals surface area contributed by atoms with Crippen molar-refractivity contribution in [3.8, 4) is 0 Å². The lowest BCUT2D eigenvalue weighted by atomic mass is 9.91. The zero-order chi connectivity index (χ0) is 41.9. The molecule has 4 unspecified atom stereocenters. The number of nitrogens with one attached hydrogen (secondary N) is 2. The van der Waals surface area contributed by atoms with Crippen LogP contribution in [-0.2, 0) is 19.0 Å². The van der Waals surface area contributed by atoms with Crippen molar-refractivity contribution in [3.05, 3.63) is 81.5 Å². The van der Waals surface area contributed by atoms with E-state index < -0.39 is 90.5 Å². The van der Waals surface area contributed by atoms with Gasteiger partial charge in [-0.25, -0.2) is 23.6 Å². The predicted molar refractivity (Wildman–Crippen MR) is 209 cm³/mol. The number of esters is 1. The molecular weight excluding hydrogens is 758 g/mol. The summed E-state index contributed by atoms with van der Waals surface area (Å²) in [5, 5.41) is 40.2. The van der Waals surface area contributed by atoms with Crippen molar-refractivity contribution in [2.24, 2.45) is 10.7 Å². The van der Waals surface area contributed by atoms with Gasteiger partial charge in [-0.1, -0.05) is 20.8 Å². The molecule has 2 aliphatic heterocycles. The number of rotatable bonds is 7. The largest absolute Gasteiger partial charge is 0.456 e.